The lowest BCUT2D eigenvalue weighted by Crippen LogP contribution is -2.48. The van der Waals surface area contributed by atoms with Gasteiger partial charge in [-0.3, -0.25) is 9.80 Å². The zero-order valence-corrected chi connectivity index (χ0v) is 12.5. The number of aryl methyl sites for hydroxylation is 1. The van der Waals surface area contributed by atoms with Crippen LogP contribution in [0.1, 0.15) is 25.0 Å². The molecule has 0 aromatic heterocycles. The first kappa shape index (κ1) is 14.3. The Labute approximate surface area is 117 Å². The van der Waals surface area contributed by atoms with E-state index in [2.05, 4.69) is 67.0 Å². The summed E-state index contributed by atoms with van der Waals surface area (Å²) in [5.74, 6) is 0. The van der Waals surface area contributed by atoms with Gasteiger partial charge < -0.3 is 0 Å². The predicted molar refractivity (Wildman–Crippen MR) is 83.4 cm³/mol. The molecule has 2 nitrogen and oxygen atoms in total. The van der Waals surface area contributed by atoms with E-state index in [-0.39, 0.29) is 0 Å². The van der Waals surface area contributed by atoms with Gasteiger partial charge in [0, 0.05) is 38.8 Å². The quantitative estimate of drug-likeness (QED) is 0.819. The normalized spacial score (nSPS) is 18.5. The highest BCUT2D eigenvalue weighted by atomic mass is 15.3. The second-order valence-corrected chi connectivity index (χ2v) is 5.74. The minimum absolute atomic E-state index is 0.685. The molecule has 1 saturated heterocycles. The molecule has 104 valence electrons. The molecule has 1 aromatic rings. The molecule has 2 heteroatoms. The first-order valence-electron chi connectivity index (χ1n) is 7.35. The standard InChI is InChI=1S/C17H26N2/c1-15(2)19-13-11-18(12-14-19)10-4-5-17-8-6-16(3)7-9-17/h4-9,15H,10-14H2,1-3H3/b5-4+. The SMILES string of the molecule is Cc1ccc(/C=C/CN2CCN(C(C)C)CC2)cc1. The van der Waals surface area contributed by atoms with Gasteiger partial charge in [0.2, 0.25) is 0 Å². The maximum Gasteiger partial charge on any atom is 0.0167 e. The fourth-order valence-corrected chi connectivity index (χ4v) is 2.48. The molecule has 1 fully saturated rings. The van der Waals surface area contributed by atoms with Crippen LogP contribution in [-0.4, -0.2) is 48.6 Å². The van der Waals surface area contributed by atoms with E-state index in [0.29, 0.717) is 6.04 Å². The third-order valence-corrected chi connectivity index (χ3v) is 3.89. The van der Waals surface area contributed by atoms with Crippen LogP contribution in [0.5, 0.6) is 0 Å². The number of hydrogen-bond acceptors (Lipinski definition) is 2. The summed E-state index contributed by atoms with van der Waals surface area (Å²) in [6, 6.07) is 9.39. The molecule has 0 bridgehead atoms. The van der Waals surface area contributed by atoms with Crippen LogP contribution in [0.2, 0.25) is 0 Å². The molecule has 1 aromatic carbocycles. The third kappa shape index (κ3) is 4.48. The molecule has 0 radical (unpaired) electrons. The van der Waals surface area contributed by atoms with Crippen LogP contribution in [-0.2, 0) is 0 Å². The fraction of sp³-hybridized carbons (Fsp3) is 0.529. The average Bonchev–Trinajstić information content (AvgIpc) is 2.41. The lowest BCUT2D eigenvalue weighted by molar-refractivity contribution is 0.117. The molecule has 0 atom stereocenters. The van der Waals surface area contributed by atoms with Gasteiger partial charge in [0.25, 0.3) is 0 Å². The van der Waals surface area contributed by atoms with Gasteiger partial charge in [-0.1, -0.05) is 42.0 Å². The highest BCUT2D eigenvalue weighted by molar-refractivity contribution is 5.49. The maximum atomic E-state index is 2.56. The van der Waals surface area contributed by atoms with E-state index in [9.17, 15) is 0 Å². The van der Waals surface area contributed by atoms with Crippen LogP contribution in [0.3, 0.4) is 0 Å². The fourth-order valence-electron chi connectivity index (χ4n) is 2.48. The topological polar surface area (TPSA) is 6.48 Å². The van der Waals surface area contributed by atoms with Crippen molar-refractivity contribution in [2.45, 2.75) is 26.8 Å². The number of nitrogens with zero attached hydrogens (tertiary/aromatic N) is 2. The largest absolute Gasteiger partial charge is 0.298 e. The zero-order valence-electron chi connectivity index (χ0n) is 12.5. The number of hydrogen-bond donors (Lipinski definition) is 0. The summed E-state index contributed by atoms with van der Waals surface area (Å²) < 4.78 is 0. The molecule has 1 aliphatic heterocycles. The molecule has 0 unspecified atom stereocenters. The van der Waals surface area contributed by atoms with E-state index >= 15 is 0 Å². The van der Waals surface area contributed by atoms with Crippen molar-refractivity contribution in [3.05, 3.63) is 41.5 Å². The molecule has 0 amide bonds. The van der Waals surface area contributed by atoms with Gasteiger partial charge in [0.15, 0.2) is 0 Å². The lowest BCUT2D eigenvalue weighted by Gasteiger charge is -2.36. The average molecular weight is 258 g/mol. The predicted octanol–water partition coefficient (Wildman–Crippen LogP) is 3.03. The highest BCUT2D eigenvalue weighted by Crippen LogP contribution is 2.07. The van der Waals surface area contributed by atoms with Gasteiger partial charge in [-0.25, -0.2) is 0 Å². The van der Waals surface area contributed by atoms with Gasteiger partial charge in [-0.15, -0.1) is 0 Å². The van der Waals surface area contributed by atoms with Gasteiger partial charge in [-0.05, 0) is 26.3 Å². The van der Waals surface area contributed by atoms with Crippen molar-refractivity contribution >= 4 is 6.08 Å². The number of rotatable bonds is 4. The summed E-state index contributed by atoms with van der Waals surface area (Å²) in [4.78, 5) is 5.09. The monoisotopic (exact) mass is 258 g/mol. The van der Waals surface area contributed by atoms with Crippen LogP contribution in [0.25, 0.3) is 6.08 Å². The minimum atomic E-state index is 0.685. The van der Waals surface area contributed by atoms with E-state index in [1.807, 2.05) is 0 Å². The minimum Gasteiger partial charge on any atom is -0.298 e. The van der Waals surface area contributed by atoms with Crippen LogP contribution >= 0.6 is 0 Å². The van der Waals surface area contributed by atoms with Crippen LogP contribution in [0.15, 0.2) is 30.3 Å². The van der Waals surface area contributed by atoms with Crippen LogP contribution in [0.4, 0.5) is 0 Å². The Balaban J connectivity index is 1.76. The Morgan fingerprint density at radius 3 is 2.26 bits per heavy atom. The van der Waals surface area contributed by atoms with Gasteiger partial charge >= 0.3 is 0 Å². The zero-order chi connectivity index (χ0) is 13.7. The van der Waals surface area contributed by atoms with Crippen molar-refractivity contribution in [3.63, 3.8) is 0 Å². The summed E-state index contributed by atoms with van der Waals surface area (Å²) in [5.41, 5.74) is 2.62. The molecule has 0 saturated carbocycles. The Hall–Kier alpha value is -1.12. The Bertz CT molecular complexity index is 398. The summed E-state index contributed by atoms with van der Waals surface area (Å²) in [5, 5.41) is 0. The number of benzene rings is 1. The first-order valence-corrected chi connectivity index (χ1v) is 7.35. The summed E-state index contributed by atoms with van der Waals surface area (Å²) in [7, 11) is 0. The molecular weight excluding hydrogens is 232 g/mol. The van der Waals surface area contributed by atoms with Crippen molar-refractivity contribution in [3.8, 4) is 0 Å². The van der Waals surface area contributed by atoms with E-state index < -0.39 is 0 Å². The lowest BCUT2D eigenvalue weighted by atomic mass is 10.1. The van der Waals surface area contributed by atoms with Crippen LogP contribution in [0, 0.1) is 6.92 Å². The Morgan fingerprint density at radius 2 is 1.68 bits per heavy atom. The van der Waals surface area contributed by atoms with E-state index in [1.165, 1.54) is 37.3 Å². The smallest absolute Gasteiger partial charge is 0.0167 e. The summed E-state index contributed by atoms with van der Waals surface area (Å²) in [6.07, 6.45) is 4.52. The molecule has 2 rings (SSSR count). The van der Waals surface area contributed by atoms with Crippen molar-refractivity contribution in [2.75, 3.05) is 32.7 Å². The first-order chi connectivity index (χ1) is 9.15. The molecule has 1 aliphatic rings. The Morgan fingerprint density at radius 1 is 1.05 bits per heavy atom. The molecule has 0 N–H and O–H groups in total. The molecular formula is C17H26N2. The van der Waals surface area contributed by atoms with Gasteiger partial charge in [0.05, 0.1) is 0 Å². The summed E-state index contributed by atoms with van der Waals surface area (Å²) >= 11 is 0. The molecule has 19 heavy (non-hydrogen) atoms. The van der Waals surface area contributed by atoms with E-state index in [1.54, 1.807) is 0 Å². The number of piperazine rings is 1. The van der Waals surface area contributed by atoms with Crippen molar-refractivity contribution < 1.29 is 0 Å². The maximum absolute atomic E-state index is 2.56. The Kier molecular flexibility index (Phi) is 5.17. The summed E-state index contributed by atoms with van der Waals surface area (Å²) in [6.45, 7) is 12.6. The molecule has 0 spiro atoms. The van der Waals surface area contributed by atoms with E-state index in [0.717, 1.165) is 6.54 Å². The molecule has 1 heterocycles. The molecule has 0 aliphatic carbocycles. The second kappa shape index (κ2) is 6.88. The van der Waals surface area contributed by atoms with E-state index in [4.69, 9.17) is 0 Å². The van der Waals surface area contributed by atoms with Gasteiger partial charge in [0.1, 0.15) is 0 Å². The highest BCUT2D eigenvalue weighted by Gasteiger charge is 2.17. The van der Waals surface area contributed by atoms with Crippen molar-refractivity contribution in [1.29, 1.82) is 0 Å². The van der Waals surface area contributed by atoms with Crippen LogP contribution < -0.4 is 0 Å². The van der Waals surface area contributed by atoms with Crippen molar-refractivity contribution in [2.24, 2.45) is 0 Å². The third-order valence-electron chi connectivity index (χ3n) is 3.89. The van der Waals surface area contributed by atoms with Crippen molar-refractivity contribution in [1.82, 2.24) is 9.80 Å². The van der Waals surface area contributed by atoms with Gasteiger partial charge in [-0.2, -0.15) is 0 Å². The second-order valence-electron chi connectivity index (χ2n) is 5.74.